The highest BCUT2D eigenvalue weighted by Gasteiger charge is 2.47. The Kier molecular flexibility index (Phi) is 4.80. The highest BCUT2D eigenvalue weighted by atomic mass is 19.1. The molecule has 3 aromatic rings. The number of anilines is 1. The van der Waals surface area contributed by atoms with Crippen LogP contribution in [0.2, 0.25) is 0 Å². The van der Waals surface area contributed by atoms with Crippen LogP contribution in [0.5, 0.6) is 0 Å². The van der Waals surface area contributed by atoms with E-state index >= 15 is 0 Å². The van der Waals surface area contributed by atoms with Gasteiger partial charge in [-0.2, -0.15) is 0 Å². The number of aryl methyl sites for hydroxylation is 2. The first kappa shape index (κ1) is 20.3. The molecular weight excluding hydrogens is 373 g/mol. The number of amides is 1. The van der Waals surface area contributed by atoms with Gasteiger partial charge in [-0.15, -0.1) is 0 Å². The van der Waals surface area contributed by atoms with Gasteiger partial charge in [-0.05, 0) is 69.5 Å². The Morgan fingerprint density at radius 3 is 2.23 bits per heavy atom. The summed E-state index contributed by atoms with van der Waals surface area (Å²) in [5.41, 5.74) is 5.33. The summed E-state index contributed by atoms with van der Waals surface area (Å²) < 4.78 is 13.8. The number of benzene rings is 3. The summed E-state index contributed by atoms with van der Waals surface area (Å²) in [7, 11) is 0. The minimum atomic E-state index is -0.453. The second-order valence-corrected chi connectivity index (χ2v) is 9.36. The number of halogens is 1. The molecule has 0 N–H and O–H groups in total. The standard InChI is InChI=1S/C27H28FNO/c1-18-9-12-21(13-10-18)27(5)17-26(3,4)29(24-14-11-19(2)15-23(24)27)25(30)20-7-6-8-22(28)16-20/h6-16H,17H2,1-5H3/t27-/m1/s1. The molecule has 1 aliphatic rings. The summed E-state index contributed by atoms with van der Waals surface area (Å²) in [5.74, 6) is -0.570. The van der Waals surface area contributed by atoms with E-state index in [0.29, 0.717) is 5.56 Å². The van der Waals surface area contributed by atoms with Gasteiger partial charge < -0.3 is 4.90 Å². The third kappa shape index (κ3) is 3.32. The van der Waals surface area contributed by atoms with Crippen LogP contribution in [0.3, 0.4) is 0 Å². The predicted molar refractivity (Wildman–Crippen MR) is 121 cm³/mol. The Morgan fingerprint density at radius 1 is 0.900 bits per heavy atom. The molecule has 0 fully saturated rings. The van der Waals surface area contributed by atoms with E-state index in [1.54, 1.807) is 12.1 Å². The fourth-order valence-corrected chi connectivity index (χ4v) is 4.97. The summed E-state index contributed by atoms with van der Waals surface area (Å²) in [6.07, 6.45) is 0.764. The normalized spacial score (nSPS) is 20.0. The first-order valence-electron chi connectivity index (χ1n) is 10.4. The summed E-state index contributed by atoms with van der Waals surface area (Å²) in [6, 6.07) is 20.9. The average Bonchev–Trinajstić information content (AvgIpc) is 2.68. The van der Waals surface area contributed by atoms with Crippen molar-refractivity contribution in [1.82, 2.24) is 0 Å². The van der Waals surface area contributed by atoms with Gasteiger partial charge in [0, 0.05) is 22.2 Å². The van der Waals surface area contributed by atoms with Crippen molar-refractivity contribution in [3.63, 3.8) is 0 Å². The smallest absolute Gasteiger partial charge is 0.258 e. The Morgan fingerprint density at radius 2 is 1.57 bits per heavy atom. The zero-order valence-corrected chi connectivity index (χ0v) is 18.3. The summed E-state index contributed by atoms with van der Waals surface area (Å²) in [6.45, 7) is 10.6. The van der Waals surface area contributed by atoms with Crippen molar-refractivity contribution in [2.75, 3.05) is 4.90 Å². The zero-order valence-electron chi connectivity index (χ0n) is 18.3. The monoisotopic (exact) mass is 401 g/mol. The fourth-order valence-electron chi connectivity index (χ4n) is 4.97. The van der Waals surface area contributed by atoms with Crippen LogP contribution in [-0.4, -0.2) is 11.4 Å². The molecule has 1 amide bonds. The quantitative estimate of drug-likeness (QED) is 0.475. The average molecular weight is 402 g/mol. The number of rotatable bonds is 2. The first-order valence-corrected chi connectivity index (χ1v) is 10.4. The van der Waals surface area contributed by atoms with Crippen LogP contribution in [0.1, 0.15) is 59.8 Å². The van der Waals surface area contributed by atoms with Crippen LogP contribution < -0.4 is 4.90 Å². The Hall–Kier alpha value is -2.94. The molecule has 4 rings (SSSR count). The van der Waals surface area contributed by atoms with Crippen molar-refractivity contribution in [3.05, 3.63) is 100 Å². The van der Waals surface area contributed by atoms with Gasteiger partial charge in [0.25, 0.3) is 5.91 Å². The number of carbonyl (C=O) groups excluding carboxylic acids is 1. The topological polar surface area (TPSA) is 20.3 Å². The van der Waals surface area contributed by atoms with Gasteiger partial charge in [0.2, 0.25) is 0 Å². The molecule has 3 heteroatoms. The molecule has 0 saturated heterocycles. The molecule has 0 aromatic heterocycles. The second-order valence-electron chi connectivity index (χ2n) is 9.36. The molecule has 0 saturated carbocycles. The van der Waals surface area contributed by atoms with E-state index in [4.69, 9.17) is 0 Å². The van der Waals surface area contributed by atoms with Crippen LogP contribution in [0.25, 0.3) is 0 Å². The predicted octanol–water partition coefficient (Wildman–Crippen LogP) is 6.58. The lowest BCUT2D eigenvalue weighted by atomic mass is 9.65. The van der Waals surface area contributed by atoms with Crippen molar-refractivity contribution < 1.29 is 9.18 Å². The van der Waals surface area contributed by atoms with Gasteiger partial charge in [0.1, 0.15) is 5.82 Å². The van der Waals surface area contributed by atoms with E-state index in [0.717, 1.165) is 23.2 Å². The Bertz CT molecular complexity index is 1120. The van der Waals surface area contributed by atoms with Gasteiger partial charge in [-0.1, -0.05) is 60.5 Å². The van der Waals surface area contributed by atoms with Crippen molar-refractivity contribution in [2.24, 2.45) is 0 Å². The molecule has 3 aromatic carbocycles. The number of carbonyl (C=O) groups is 1. The maximum atomic E-state index is 13.8. The minimum absolute atomic E-state index is 0.171. The van der Waals surface area contributed by atoms with Crippen molar-refractivity contribution in [2.45, 2.75) is 52.0 Å². The van der Waals surface area contributed by atoms with E-state index in [-0.39, 0.29) is 11.3 Å². The molecule has 0 aliphatic carbocycles. The van der Waals surface area contributed by atoms with Crippen LogP contribution in [0, 0.1) is 19.7 Å². The van der Waals surface area contributed by atoms with Crippen LogP contribution in [0.4, 0.5) is 10.1 Å². The molecule has 0 unspecified atom stereocenters. The van der Waals surface area contributed by atoms with Gasteiger partial charge in [-0.3, -0.25) is 4.79 Å². The molecule has 154 valence electrons. The van der Waals surface area contributed by atoms with Crippen molar-refractivity contribution >= 4 is 11.6 Å². The van der Waals surface area contributed by atoms with E-state index in [2.05, 4.69) is 65.0 Å². The lowest BCUT2D eigenvalue weighted by molar-refractivity contribution is 0.0948. The first-order chi connectivity index (χ1) is 14.1. The third-order valence-electron chi connectivity index (χ3n) is 6.34. The summed E-state index contributed by atoms with van der Waals surface area (Å²) in [4.78, 5) is 15.4. The van der Waals surface area contributed by atoms with Crippen molar-refractivity contribution in [1.29, 1.82) is 0 Å². The van der Waals surface area contributed by atoms with Crippen LogP contribution >= 0.6 is 0 Å². The van der Waals surface area contributed by atoms with Crippen LogP contribution in [0.15, 0.2) is 66.7 Å². The van der Waals surface area contributed by atoms with Gasteiger partial charge >= 0.3 is 0 Å². The SMILES string of the molecule is Cc1ccc([C@@]2(C)CC(C)(C)N(C(=O)c3cccc(F)c3)c3ccc(C)cc32)cc1. The molecule has 1 aliphatic heterocycles. The Balaban J connectivity index is 1.92. The second kappa shape index (κ2) is 7.09. The fraction of sp³-hybridized carbons (Fsp3) is 0.296. The number of nitrogens with zero attached hydrogens (tertiary/aromatic N) is 1. The highest BCUT2D eigenvalue weighted by molar-refractivity contribution is 6.08. The van der Waals surface area contributed by atoms with Gasteiger partial charge in [0.15, 0.2) is 0 Å². The lowest BCUT2D eigenvalue weighted by Gasteiger charge is -2.51. The van der Waals surface area contributed by atoms with Crippen LogP contribution in [-0.2, 0) is 5.41 Å². The third-order valence-corrected chi connectivity index (χ3v) is 6.34. The van der Waals surface area contributed by atoms with E-state index < -0.39 is 11.4 Å². The van der Waals surface area contributed by atoms with Gasteiger partial charge in [-0.25, -0.2) is 4.39 Å². The Labute approximate surface area is 178 Å². The van der Waals surface area contributed by atoms with E-state index in [9.17, 15) is 9.18 Å². The molecular formula is C27H28FNO. The van der Waals surface area contributed by atoms with Gasteiger partial charge in [0.05, 0.1) is 0 Å². The number of hydrogen-bond donors (Lipinski definition) is 0. The lowest BCUT2D eigenvalue weighted by Crippen LogP contribution is -2.56. The largest absolute Gasteiger partial charge is 0.302 e. The number of fused-ring (bicyclic) bond motifs is 1. The molecule has 0 radical (unpaired) electrons. The molecule has 1 atom stereocenters. The minimum Gasteiger partial charge on any atom is -0.302 e. The van der Waals surface area contributed by atoms with E-state index in [1.807, 2.05) is 17.0 Å². The maximum Gasteiger partial charge on any atom is 0.258 e. The molecule has 0 spiro atoms. The molecule has 0 bridgehead atoms. The molecule has 30 heavy (non-hydrogen) atoms. The molecule has 1 heterocycles. The summed E-state index contributed by atoms with van der Waals surface area (Å²) >= 11 is 0. The van der Waals surface area contributed by atoms with E-state index in [1.165, 1.54) is 23.3 Å². The van der Waals surface area contributed by atoms with Crippen molar-refractivity contribution in [3.8, 4) is 0 Å². The maximum absolute atomic E-state index is 13.8. The molecule has 2 nitrogen and oxygen atoms in total. The summed E-state index contributed by atoms with van der Waals surface area (Å²) in [5, 5.41) is 0. The zero-order chi connectivity index (χ0) is 21.7. The highest BCUT2D eigenvalue weighted by Crippen LogP contribution is 2.51. The number of hydrogen-bond acceptors (Lipinski definition) is 1.